The van der Waals surface area contributed by atoms with Crippen LogP contribution in [0.1, 0.15) is 13.3 Å². The van der Waals surface area contributed by atoms with Crippen LogP contribution in [0.4, 0.5) is 0 Å². The van der Waals surface area contributed by atoms with E-state index in [-0.39, 0.29) is 11.6 Å². The third-order valence-electron chi connectivity index (χ3n) is 3.19. The van der Waals surface area contributed by atoms with Gasteiger partial charge in [-0.15, -0.1) is 0 Å². The van der Waals surface area contributed by atoms with Crippen molar-refractivity contribution in [1.82, 2.24) is 4.90 Å². The Balaban J connectivity index is 2.24. The normalized spacial score (nSPS) is 41.0. The number of ether oxygens (including phenoxy) is 1. The van der Waals surface area contributed by atoms with Crippen molar-refractivity contribution >= 4 is 5.96 Å². The van der Waals surface area contributed by atoms with Crippen LogP contribution in [0.5, 0.6) is 0 Å². The maximum atomic E-state index is 5.72. The Hall–Kier alpha value is -0.770. The molecule has 2 N–H and O–H groups in total. The second-order valence-corrected chi connectivity index (χ2v) is 3.60. The van der Waals surface area contributed by atoms with Gasteiger partial charge in [-0.05, 0) is 13.3 Å². The van der Waals surface area contributed by atoms with Crippen molar-refractivity contribution in [2.75, 3.05) is 20.2 Å². The molecule has 0 aromatic heterocycles. The van der Waals surface area contributed by atoms with Crippen molar-refractivity contribution in [3.8, 4) is 0 Å². The van der Waals surface area contributed by atoms with Crippen molar-refractivity contribution in [2.45, 2.75) is 25.0 Å². The molecule has 68 valence electrons. The van der Waals surface area contributed by atoms with Crippen LogP contribution in [0, 0.1) is 0 Å². The first kappa shape index (κ1) is 7.86. The summed E-state index contributed by atoms with van der Waals surface area (Å²) < 4.78 is 5.54. The number of hydrogen-bond donors (Lipinski definition) is 1. The van der Waals surface area contributed by atoms with Crippen LogP contribution in [0.2, 0.25) is 0 Å². The predicted molar refractivity (Wildman–Crippen MR) is 47.0 cm³/mol. The minimum Gasteiger partial charge on any atom is -0.376 e. The fourth-order valence-electron chi connectivity index (χ4n) is 2.08. The number of nitrogens with two attached hydrogens (primary N) is 1. The molecular weight excluding hydrogens is 154 g/mol. The predicted octanol–water partition coefficient (Wildman–Crippen LogP) is -0.206. The molecule has 0 saturated carbocycles. The van der Waals surface area contributed by atoms with Crippen LogP contribution < -0.4 is 5.73 Å². The van der Waals surface area contributed by atoms with Crippen LogP contribution >= 0.6 is 0 Å². The van der Waals surface area contributed by atoms with Gasteiger partial charge >= 0.3 is 0 Å². The quantitative estimate of drug-likeness (QED) is 0.546. The highest BCUT2D eigenvalue weighted by molar-refractivity contribution is 5.80. The Bertz CT molecular complexity index is 228. The Morgan fingerprint density at radius 3 is 2.92 bits per heavy atom. The van der Waals surface area contributed by atoms with E-state index in [1.165, 1.54) is 0 Å². The van der Waals surface area contributed by atoms with Crippen LogP contribution in [-0.2, 0) is 4.74 Å². The topological polar surface area (TPSA) is 50.9 Å². The van der Waals surface area contributed by atoms with Gasteiger partial charge in [0.2, 0.25) is 0 Å². The smallest absolute Gasteiger partial charge is 0.191 e. The van der Waals surface area contributed by atoms with Crippen LogP contribution in [0.3, 0.4) is 0 Å². The molecule has 1 spiro atoms. The zero-order chi connectivity index (χ0) is 8.77. The van der Waals surface area contributed by atoms with Gasteiger partial charge in [0, 0.05) is 13.7 Å². The molecule has 4 nitrogen and oxygen atoms in total. The van der Waals surface area contributed by atoms with E-state index in [1.807, 2.05) is 7.05 Å². The summed E-state index contributed by atoms with van der Waals surface area (Å²) in [6.07, 6.45) is 1.28. The Labute approximate surface area is 72.4 Å². The highest BCUT2D eigenvalue weighted by atomic mass is 16.5. The first-order valence-electron chi connectivity index (χ1n) is 4.32. The molecule has 2 heterocycles. The lowest BCUT2D eigenvalue weighted by molar-refractivity contribution is 0.0640. The van der Waals surface area contributed by atoms with Crippen molar-refractivity contribution in [3.63, 3.8) is 0 Å². The third kappa shape index (κ3) is 0.784. The molecule has 2 unspecified atom stereocenters. The molecule has 2 aliphatic rings. The van der Waals surface area contributed by atoms with Crippen LogP contribution in [0.15, 0.2) is 4.99 Å². The zero-order valence-corrected chi connectivity index (χ0v) is 7.58. The van der Waals surface area contributed by atoms with Crippen molar-refractivity contribution in [1.29, 1.82) is 0 Å². The fraction of sp³-hybridized carbons (Fsp3) is 0.875. The van der Waals surface area contributed by atoms with Gasteiger partial charge in [-0.25, -0.2) is 0 Å². The van der Waals surface area contributed by atoms with Crippen molar-refractivity contribution in [2.24, 2.45) is 10.7 Å². The summed E-state index contributed by atoms with van der Waals surface area (Å²) in [7, 11) is 2.00. The molecule has 0 aliphatic carbocycles. The SMILES string of the molecule is CC1OCCC12CN=C(N)N2C. The standard InChI is InChI=1S/C8H15N3O/c1-6-8(3-4-12-6)5-10-7(9)11(8)2/h6H,3-5H2,1-2H3,(H2,9,10). The lowest BCUT2D eigenvalue weighted by Gasteiger charge is -2.35. The highest BCUT2D eigenvalue weighted by Crippen LogP contribution is 2.34. The molecule has 0 aromatic carbocycles. The molecule has 0 bridgehead atoms. The fourth-order valence-corrected chi connectivity index (χ4v) is 2.08. The van der Waals surface area contributed by atoms with Gasteiger partial charge in [0.1, 0.15) is 0 Å². The maximum Gasteiger partial charge on any atom is 0.191 e. The lowest BCUT2D eigenvalue weighted by atomic mass is 9.92. The average molecular weight is 169 g/mol. The van der Waals surface area contributed by atoms with Gasteiger partial charge in [0.15, 0.2) is 5.96 Å². The Kier molecular flexibility index (Phi) is 1.54. The summed E-state index contributed by atoms with van der Waals surface area (Å²) in [4.78, 5) is 6.30. The second kappa shape index (κ2) is 2.36. The largest absolute Gasteiger partial charge is 0.376 e. The molecule has 1 fully saturated rings. The van der Waals surface area contributed by atoms with Gasteiger partial charge in [-0.1, -0.05) is 0 Å². The number of aliphatic imine (C=N–C) groups is 1. The van der Waals surface area contributed by atoms with Gasteiger partial charge in [-0.3, -0.25) is 4.99 Å². The van der Waals surface area contributed by atoms with E-state index in [2.05, 4.69) is 16.8 Å². The number of nitrogens with zero attached hydrogens (tertiary/aromatic N) is 2. The Morgan fingerprint density at radius 2 is 2.50 bits per heavy atom. The van der Waals surface area contributed by atoms with E-state index in [9.17, 15) is 0 Å². The Morgan fingerprint density at radius 1 is 1.75 bits per heavy atom. The maximum absolute atomic E-state index is 5.72. The van der Waals surface area contributed by atoms with Gasteiger partial charge in [0.05, 0.1) is 18.2 Å². The van der Waals surface area contributed by atoms with Gasteiger partial charge < -0.3 is 15.4 Å². The number of likely N-dealkylation sites (N-methyl/N-ethyl adjacent to an activating group) is 1. The van der Waals surface area contributed by atoms with E-state index in [1.54, 1.807) is 0 Å². The third-order valence-corrected chi connectivity index (χ3v) is 3.19. The molecule has 0 amide bonds. The molecule has 4 heteroatoms. The number of hydrogen-bond acceptors (Lipinski definition) is 4. The molecule has 0 radical (unpaired) electrons. The molecule has 12 heavy (non-hydrogen) atoms. The zero-order valence-electron chi connectivity index (χ0n) is 7.58. The second-order valence-electron chi connectivity index (χ2n) is 3.60. The lowest BCUT2D eigenvalue weighted by Crippen LogP contribution is -2.53. The molecule has 2 rings (SSSR count). The van der Waals surface area contributed by atoms with E-state index in [0.29, 0.717) is 5.96 Å². The monoisotopic (exact) mass is 169 g/mol. The summed E-state index contributed by atoms with van der Waals surface area (Å²) in [5.41, 5.74) is 5.77. The van der Waals surface area contributed by atoms with E-state index in [4.69, 9.17) is 10.5 Å². The van der Waals surface area contributed by atoms with Crippen LogP contribution in [0.25, 0.3) is 0 Å². The molecule has 2 aliphatic heterocycles. The average Bonchev–Trinajstić information content (AvgIpc) is 2.54. The minimum absolute atomic E-state index is 0.0596. The van der Waals surface area contributed by atoms with Gasteiger partial charge in [-0.2, -0.15) is 0 Å². The molecule has 2 atom stereocenters. The van der Waals surface area contributed by atoms with E-state index < -0.39 is 0 Å². The van der Waals surface area contributed by atoms with Crippen molar-refractivity contribution in [3.05, 3.63) is 0 Å². The molecular formula is C8H15N3O. The van der Waals surface area contributed by atoms with Gasteiger partial charge in [0.25, 0.3) is 0 Å². The van der Waals surface area contributed by atoms with Crippen LogP contribution in [-0.4, -0.2) is 42.7 Å². The van der Waals surface area contributed by atoms with E-state index >= 15 is 0 Å². The summed E-state index contributed by atoms with van der Waals surface area (Å²) in [6.45, 7) is 3.71. The number of rotatable bonds is 0. The molecule has 1 saturated heterocycles. The summed E-state index contributed by atoms with van der Waals surface area (Å²) in [5, 5.41) is 0. The summed E-state index contributed by atoms with van der Waals surface area (Å²) in [6, 6.07) is 0. The summed E-state index contributed by atoms with van der Waals surface area (Å²) >= 11 is 0. The minimum atomic E-state index is 0.0596. The first-order chi connectivity index (χ1) is 5.67. The van der Waals surface area contributed by atoms with Crippen molar-refractivity contribution < 1.29 is 4.74 Å². The molecule has 0 aromatic rings. The number of guanidine groups is 1. The first-order valence-corrected chi connectivity index (χ1v) is 4.32. The highest BCUT2D eigenvalue weighted by Gasteiger charge is 2.48. The summed E-state index contributed by atoms with van der Waals surface area (Å²) in [5.74, 6) is 0.646. The van der Waals surface area contributed by atoms with E-state index in [0.717, 1.165) is 19.6 Å².